The Labute approximate surface area is 179 Å². The lowest BCUT2D eigenvalue weighted by Gasteiger charge is -2.13. The summed E-state index contributed by atoms with van der Waals surface area (Å²) in [6.45, 7) is 4.44. The third-order valence-electron chi connectivity index (χ3n) is 5.61. The molecule has 29 heavy (non-hydrogen) atoms. The van der Waals surface area contributed by atoms with Crippen LogP contribution in [0.3, 0.4) is 0 Å². The molecular weight excluding hydrogens is 360 g/mol. The van der Waals surface area contributed by atoms with Crippen molar-refractivity contribution in [2.75, 3.05) is 0 Å². The SMILES string of the molecule is CCCCCCCC=CC(=O)NC1CCC(NC(=O)C=CCCCCCCC)C1. The summed E-state index contributed by atoms with van der Waals surface area (Å²) in [7, 11) is 0. The van der Waals surface area contributed by atoms with E-state index in [4.69, 9.17) is 0 Å². The van der Waals surface area contributed by atoms with E-state index in [1.807, 2.05) is 12.2 Å². The van der Waals surface area contributed by atoms with Crippen molar-refractivity contribution >= 4 is 11.8 Å². The van der Waals surface area contributed by atoms with Crippen LogP contribution in [0.2, 0.25) is 0 Å². The van der Waals surface area contributed by atoms with Crippen LogP contribution in [-0.2, 0) is 9.59 Å². The van der Waals surface area contributed by atoms with Crippen molar-refractivity contribution in [1.82, 2.24) is 10.6 Å². The highest BCUT2D eigenvalue weighted by Gasteiger charge is 2.26. The second-order valence-corrected chi connectivity index (χ2v) is 8.43. The summed E-state index contributed by atoms with van der Waals surface area (Å²) in [6.07, 6.45) is 24.5. The minimum Gasteiger partial charge on any atom is -0.350 e. The summed E-state index contributed by atoms with van der Waals surface area (Å²) in [4.78, 5) is 24.1. The van der Waals surface area contributed by atoms with Crippen LogP contribution in [0.5, 0.6) is 0 Å². The molecule has 2 amide bonds. The van der Waals surface area contributed by atoms with E-state index in [-0.39, 0.29) is 23.9 Å². The van der Waals surface area contributed by atoms with Gasteiger partial charge >= 0.3 is 0 Å². The normalized spacial score (nSPS) is 19.2. The van der Waals surface area contributed by atoms with E-state index in [1.54, 1.807) is 12.2 Å². The van der Waals surface area contributed by atoms with Crippen molar-refractivity contribution in [3.8, 4) is 0 Å². The maximum absolute atomic E-state index is 12.0. The maximum Gasteiger partial charge on any atom is 0.243 e. The minimum atomic E-state index is -0.00139. The van der Waals surface area contributed by atoms with Gasteiger partial charge in [0.25, 0.3) is 0 Å². The number of carbonyl (C=O) groups excluding carboxylic acids is 2. The Morgan fingerprint density at radius 3 is 1.52 bits per heavy atom. The number of amides is 2. The first-order chi connectivity index (χ1) is 14.2. The number of carbonyl (C=O) groups is 2. The van der Waals surface area contributed by atoms with Crippen LogP contribution < -0.4 is 10.6 Å². The van der Waals surface area contributed by atoms with Gasteiger partial charge in [-0.2, -0.15) is 0 Å². The van der Waals surface area contributed by atoms with E-state index in [1.165, 1.54) is 51.4 Å². The number of unbranched alkanes of at least 4 members (excludes halogenated alkanes) is 10. The lowest BCUT2D eigenvalue weighted by atomic mass is 10.1. The molecule has 0 aromatic rings. The molecule has 1 saturated carbocycles. The Kier molecular flexibility index (Phi) is 15.2. The smallest absolute Gasteiger partial charge is 0.243 e. The molecule has 1 aliphatic carbocycles. The van der Waals surface area contributed by atoms with Crippen molar-refractivity contribution in [3.05, 3.63) is 24.3 Å². The zero-order valence-corrected chi connectivity index (χ0v) is 18.9. The maximum atomic E-state index is 12.0. The predicted molar refractivity (Wildman–Crippen MR) is 123 cm³/mol. The molecule has 1 fully saturated rings. The first kappa shape index (κ1) is 25.5. The van der Waals surface area contributed by atoms with Gasteiger partial charge in [0.05, 0.1) is 0 Å². The molecular formula is C25H44N2O2. The molecule has 0 bridgehead atoms. The molecule has 4 nitrogen and oxygen atoms in total. The van der Waals surface area contributed by atoms with Gasteiger partial charge in [0.1, 0.15) is 0 Å². The second-order valence-electron chi connectivity index (χ2n) is 8.43. The molecule has 0 aromatic carbocycles. The lowest BCUT2D eigenvalue weighted by Crippen LogP contribution is -2.36. The topological polar surface area (TPSA) is 58.2 Å². The van der Waals surface area contributed by atoms with Crippen LogP contribution in [0.4, 0.5) is 0 Å². The largest absolute Gasteiger partial charge is 0.350 e. The Morgan fingerprint density at radius 2 is 1.10 bits per heavy atom. The number of rotatable bonds is 16. The molecule has 0 radical (unpaired) electrons. The third kappa shape index (κ3) is 14.1. The first-order valence-corrected chi connectivity index (χ1v) is 12.1. The first-order valence-electron chi connectivity index (χ1n) is 12.1. The van der Waals surface area contributed by atoms with Crippen molar-refractivity contribution in [1.29, 1.82) is 0 Å². The molecule has 4 heteroatoms. The summed E-state index contributed by atoms with van der Waals surface area (Å²) in [5, 5.41) is 6.15. The fraction of sp³-hybridized carbons (Fsp3) is 0.760. The van der Waals surface area contributed by atoms with Gasteiger partial charge in [-0.05, 0) is 57.1 Å². The van der Waals surface area contributed by atoms with E-state index in [2.05, 4.69) is 24.5 Å². The van der Waals surface area contributed by atoms with Gasteiger partial charge < -0.3 is 10.6 Å². The van der Waals surface area contributed by atoms with Crippen molar-refractivity contribution in [2.24, 2.45) is 0 Å². The van der Waals surface area contributed by atoms with Crippen LogP contribution in [0.1, 0.15) is 110 Å². The fourth-order valence-corrected chi connectivity index (χ4v) is 3.85. The van der Waals surface area contributed by atoms with Gasteiger partial charge in [-0.15, -0.1) is 0 Å². The second kappa shape index (κ2) is 17.3. The summed E-state index contributed by atoms with van der Waals surface area (Å²) >= 11 is 0. The molecule has 2 unspecified atom stereocenters. The van der Waals surface area contributed by atoms with E-state index in [0.29, 0.717) is 0 Å². The monoisotopic (exact) mass is 404 g/mol. The highest BCUT2D eigenvalue weighted by atomic mass is 16.2. The van der Waals surface area contributed by atoms with Gasteiger partial charge in [0.2, 0.25) is 11.8 Å². The van der Waals surface area contributed by atoms with Crippen LogP contribution in [0.15, 0.2) is 24.3 Å². The summed E-state index contributed by atoms with van der Waals surface area (Å²) in [5.41, 5.74) is 0. The van der Waals surface area contributed by atoms with Gasteiger partial charge in [-0.3, -0.25) is 9.59 Å². The van der Waals surface area contributed by atoms with Crippen LogP contribution in [-0.4, -0.2) is 23.9 Å². The number of nitrogens with one attached hydrogen (secondary N) is 2. The van der Waals surface area contributed by atoms with Gasteiger partial charge in [0, 0.05) is 12.1 Å². The predicted octanol–water partition coefficient (Wildman–Crippen LogP) is 5.97. The Hall–Kier alpha value is -1.58. The zero-order chi connectivity index (χ0) is 21.2. The summed E-state index contributed by atoms with van der Waals surface area (Å²) < 4.78 is 0. The minimum absolute atomic E-state index is 0.00139. The highest BCUT2D eigenvalue weighted by molar-refractivity contribution is 5.88. The average Bonchev–Trinajstić information content (AvgIpc) is 3.13. The average molecular weight is 405 g/mol. The Morgan fingerprint density at radius 1 is 0.690 bits per heavy atom. The van der Waals surface area contributed by atoms with Gasteiger partial charge in [-0.25, -0.2) is 0 Å². The van der Waals surface area contributed by atoms with E-state index >= 15 is 0 Å². The molecule has 166 valence electrons. The van der Waals surface area contributed by atoms with E-state index in [9.17, 15) is 9.59 Å². The number of allylic oxidation sites excluding steroid dienone is 2. The van der Waals surface area contributed by atoms with Gasteiger partial charge in [0.15, 0.2) is 0 Å². The van der Waals surface area contributed by atoms with Crippen molar-refractivity contribution < 1.29 is 9.59 Å². The zero-order valence-electron chi connectivity index (χ0n) is 18.9. The molecule has 0 aliphatic heterocycles. The molecule has 2 N–H and O–H groups in total. The van der Waals surface area contributed by atoms with E-state index < -0.39 is 0 Å². The number of hydrogen-bond donors (Lipinski definition) is 2. The van der Waals surface area contributed by atoms with Crippen LogP contribution in [0, 0.1) is 0 Å². The Bertz CT molecular complexity index is 455. The third-order valence-corrected chi connectivity index (χ3v) is 5.61. The van der Waals surface area contributed by atoms with E-state index in [0.717, 1.165) is 44.9 Å². The molecule has 0 spiro atoms. The highest BCUT2D eigenvalue weighted by Crippen LogP contribution is 2.19. The van der Waals surface area contributed by atoms with Crippen LogP contribution >= 0.6 is 0 Å². The Balaban J connectivity index is 2.10. The standard InChI is InChI=1S/C25H44N2O2/c1-3-5-7-9-11-13-15-17-24(28)26-22-19-20-23(21-22)27-25(29)18-16-14-12-10-8-6-4-2/h15-18,22-23H,3-14,19-21H2,1-2H3,(H,26,28)(H,27,29). The number of hydrogen-bond acceptors (Lipinski definition) is 2. The quantitative estimate of drug-likeness (QED) is 0.246. The molecule has 0 saturated heterocycles. The van der Waals surface area contributed by atoms with Crippen molar-refractivity contribution in [3.63, 3.8) is 0 Å². The molecule has 1 aliphatic rings. The lowest BCUT2D eigenvalue weighted by molar-refractivity contribution is -0.117. The van der Waals surface area contributed by atoms with Crippen LogP contribution in [0.25, 0.3) is 0 Å². The van der Waals surface area contributed by atoms with Crippen molar-refractivity contribution in [2.45, 2.75) is 122 Å². The summed E-state index contributed by atoms with van der Waals surface area (Å²) in [5.74, 6) is -0.00277. The molecule has 0 aromatic heterocycles. The molecule has 0 heterocycles. The molecule has 1 rings (SSSR count). The fourth-order valence-electron chi connectivity index (χ4n) is 3.85. The summed E-state index contributed by atoms with van der Waals surface area (Å²) in [6, 6.07) is 0.342. The van der Waals surface area contributed by atoms with Gasteiger partial charge in [-0.1, -0.05) is 77.4 Å². The molecule has 2 atom stereocenters.